The molecule has 2 aromatic carbocycles. The maximum atomic E-state index is 12.8. The van der Waals surface area contributed by atoms with Crippen LogP contribution >= 0.6 is 0 Å². The molecule has 0 aromatic heterocycles. The number of carbonyl (C=O) groups excluding carboxylic acids is 2. The second kappa shape index (κ2) is 8.56. The summed E-state index contributed by atoms with van der Waals surface area (Å²) in [6, 6.07) is 12.7. The number of rotatable bonds is 7. The van der Waals surface area contributed by atoms with Crippen LogP contribution in [0.2, 0.25) is 0 Å². The van der Waals surface area contributed by atoms with Gasteiger partial charge in [0.25, 0.3) is 17.4 Å². The van der Waals surface area contributed by atoms with Gasteiger partial charge in [-0.2, -0.15) is 0 Å². The first-order valence-electron chi connectivity index (χ1n) is 9.11. The summed E-state index contributed by atoms with van der Waals surface area (Å²) in [7, 11) is 0. The van der Waals surface area contributed by atoms with Gasteiger partial charge < -0.3 is 15.1 Å². The number of carboxylic acids is 1. The van der Waals surface area contributed by atoms with Crippen molar-refractivity contribution in [3.8, 4) is 0 Å². The highest BCUT2D eigenvalue weighted by atomic mass is 16.6. The van der Waals surface area contributed by atoms with Crippen molar-refractivity contribution in [1.29, 1.82) is 0 Å². The fourth-order valence-electron chi connectivity index (χ4n) is 3.39. The summed E-state index contributed by atoms with van der Waals surface area (Å²) in [6.45, 7) is 0.0213. The molecule has 0 spiro atoms. The quantitative estimate of drug-likeness (QED) is 0.235. The number of aliphatic hydroxyl groups excluding tert-OH is 1. The lowest BCUT2D eigenvalue weighted by molar-refractivity contribution is -0.384. The first kappa shape index (κ1) is 20.7. The standard InChI is InChI=1S/C21H18N2O7/c24-16(25)7-4-12-22-18(13-5-2-1-3-6-13)17(20(27)21(22)28)19(26)14-8-10-15(11-9-14)23(29)30/h1-3,5-6,8-11,18,26H,4,7,12H2,(H,24,25)/t18-/m1/s1. The predicted molar refractivity (Wildman–Crippen MR) is 105 cm³/mol. The number of aliphatic carboxylic acids is 1. The SMILES string of the molecule is O=C(O)CCCN1C(=O)C(=O)C(=C(O)c2ccc([N+](=O)[O-])cc2)[C@H]1c1ccccc1. The third kappa shape index (κ3) is 4.04. The molecule has 1 aliphatic rings. The molecule has 9 heteroatoms. The summed E-state index contributed by atoms with van der Waals surface area (Å²) in [5.74, 6) is -3.20. The van der Waals surface area contributed by atoms with Crippen molar-refractivity contribution in [2.75, 3.05) is 6.54 Å². The largest absolute Gasteiger partial charge is 0.507 e. The molecule has 1 fully saturated rings. The monoisotopic (exact) mass is 410 g/mol. The summed E-state index contributed by atoms with van der Waals surface area (Å²) in [5.41, 5.74) is 0.413. The summed E-state index contributed by atoms with van der Waals surface area (Å²) < 4.78 is 0. The number of nitrogens with zero attached hydrogens (tertiary/aromatic N) is 2. The highest BCUT2D eigenvalue weighted by molar-refractivity contribution is 6.46. The van der Waals surface area contributed by atoms with Crippen molar-refractivity contribution in [3.05, 3.63) is 81.4 Å². The molecule has 0 unspecified atom stereocenters. The maximum Gasteiger partial charge on any atom is 0.303 e. The number of non-ortho nitro benzene ring substituents is 1. The van der Waals surface area contributed by atoms with Crippen molar-refractivity contribution in [2.24, 2.45) is 0 Å². The van der Waals surface area contributed by atoms with Crippen LogP contribution in [-0.4, -0.2) is 44.2 Å². The van der Waals surface area contributed by atoms with Gasteiger partial charge >= 0.3 is 5.97 Å². The van der Waals surface area contributed by atoms with E-state index in [0.717, 1.165) is 0 Å². The zero-order valence-corrected chi connectivity index (χ0v) is 15.7. The molecule has 0 bridgehead atoms. The Morgan fingerprint density at radius 2 is 1.67 bits per heavy atom. The average molecular weight is 410 g/mol. The normalized spacial score (nSPS) is 17.9. The van der Waals surface area contributed by atoms with Gasteiger partial charge in [0.1, 0.15) is 5.76 Å². The van der Waals surface area contributed by atoms with Gasteiger partial charge in [-0.1, -0.05) is 30.3 Å². The molecule has 3 rings (SSSR count). The van der Waals surface area contributed by atoms with Crippen LogP contribution in [0.15, 0.2) is 60.2 Å². The van der Waals surface area contributed by atoms with E-state index in [1.807, 2.05) is 0 Å². The lowest BCUT2D eigenvalue weighted by Gasteiger charge is -2.25. The zero-order chi connectivity index (χ0) is 21.8. The van der Waals surface area contributed by atoms with Gasteiger partial charge in [-0.05, 0) is 24.1 Å². The first-order chi connectivity index (χ1) is 14.3. The van der Waals surface area contributed by atoms with Crippen LogP contribution in [0.3, 0.4) is 0 Å². The van der Waals surface area contributed by atoms with Crippen LogP contribution in [0.25, 0.3) is 5.76 Å². The second-order valence-electron chi connectivity index (χ2n) is 6.70. The van der Waals surface area contributed by atoms with Crippen LogP contribution in [0, 0.1) is 10.1 Å². The molecule has 0 radical (unpaired) electrons. The van der Waals surface area contributed by atoms with Gasteiger partial charge in [-0.15, -0.1) is 0 Å². The number of benzene rings is 2. The Labute approximate surface area is 171 Å². The highest BCUT2D eigenvalue weighted by Gasteiger charge is 2.45. The molecule has 1 amide bonds. The van der Waals surface area contributed by atoms with Crippen molar-refractivity contribution in [1.82, 2.24) is 4.90 Å². The Bertz CT molecular complexity index is 1030. The molecule has 9 nitrogen and oxygen atoms in total. The number of hydrogen-bond donors (Lipinski definition) is 2. The van der Waals surface area contributed by atoms with Crippen molar-refractivity contribution >= 4 is 29.1 Å². The van der Waals surface area contributed by atoms with Crippen LogP contribution in [0.1, 0.15) is 30.0 Å². The summed E-state index contributed by atoms with van der Waals surface area (Å²) >= 11 is 0. The zero-order valence-electron chi connectivity index (χ0n) is 15.7. The maximum absolute atomic E-state index is 12.8. The summed E-state index contributed by atoms with van der Waals surface area (Å²) in [6.07, 6.45) is -0.0316. The summed E-state index contributed by atoms with van der Waals surface area (Å²) in [4.78, 5) is 47.7. The van der Waals surface area contributed by atoms with E-state index < -0.39 is 34.4 Å². The minimum absolute atomic E-state index is 0.0213. The number of amides is 1. The Morgan fingerprint density at radius 1 is 1.03 bits per heavy atom. The van der Waals surface area contributed by atoms with E-state index in [-0.39, 0.29) is 36.2 Å². The fourth-order valence-corrected chi connectivity index (χ4v) is 3.39. The number of nitro groups is 1. The molecule has 154 valence electrons. The lowest BCUT2D eigenvalue weighted by Crippen LogP contribution is -2.31. The Morgan fingerprint density at radius 3 is 2.23 bits per heavy atom. The van der Waals surface area contributed by atoms with Gasteiger partial charge in [0.2, 0.25) is 0 Å². The molecule has 0 aliphatic carbocycles. The van der Waals surface area contributed by atoms with Gasteiger partial charge in [-0.3, -0.25) is 24.5 Å². The number of aliphatic hydroxyl groups is 1. The number of carbonyl (C=O) groups is 3. The van der Waals surface area contributed by atoms with E-state index in [1.165, 1.54) is 29.2 Å². The van der Waals surface area contributed by atoms with Crippen LogP contribution in [-0.2, 0) is 14.4 Å². The third-order valence-electron chi connectivity index (χ3n) is 4.80. The molecule has 0 saturated carbocycles. The molecule has 2 aromatic rings. The van der Waals surface area contributed by atoms with Crippen molar-refractivity contribution < 1.29 is 29.5 Å². The van der Waals surface area contributed by atoms with Crippen LogP contribution < -0.4 is 0 Å². The van der Waals surface area contributed by atoms with E-state index in [4.69, 9.17) is 5.11 Å². The van der Waals surface area contributed by atoms with E-state index in [0.29, 0.717) is 5.56 Å². The number of Topliss-reactive ketones (excluding diaryl/α,β-unsaturated/α-hetero) is 1. The van der Waals surface area contributed by atoms with Gasteiger partial charge in [0.05, 0.1) is 16.5 Å². The smallest absolute Gasteiger partial charge is 0.303 e. The fraction of sp³-hybridized carbons (Fsp3) is 0.190. The van der Waals surface area contributed by atoms with Gasteiger partial charge in [0, 0.05) is 30.7 Å². The topological polar surface area (TPSA) is 138 Å². The number of hydrogen-bond acceptors (Lipinski definition) is 6. The molecule has 30 heavy (non-hydrogen) atoms. The van der Waals surface area contributed by atoms with Crippen LogP contribution in [0.4, 0.5) is 5.69 Å². The Hall–Kier alpha value is -4.01. The van der Waals surface area contributed by atoms with Gasteiger partial charge in [0.15, 0.2) is 0 Å². The van der Waals surface area contributed by atoms with Crippen LogP contribution in [0.5, 0.6) is 0 Å². The van der Waals surface area contributed by atoms with Crippen molar-refractivity contribution in [2.45, 2.75) is 18.9 Å². The molecular weight excluding hydrogens is 392 g/mol. The number of carboxylic acid groups (broad SMARTS) is 1. The molecule has 1 atom stereocenters. The molecule has 1 heterocycles. The second-order valence-corrected chi connectivity index (χ2v) is 6.70. The molecule has 1 saturated heterocycles. The first-order valence-corrected chi connectivity index (χ1v) is 9.11. The lowest BCUT2D eigenvalue weighted by atomic mass is 9.95. The number of nitro benzene ring substituents is 1. The van der Waals surface area contributed by atoms with E-state index >= 15 is 0 Å². The number of ketones is 1. The highest BCUT2D eigenvalue weighted by Crippen LogP contribution is 2.39. The molecular formula is C21H18N2O7. The minimum atomic E-state index is -1.02. The van der Waals surface area contributed by atoms with E-state index in [9.17, 15) is 29.6 Å². The van der Waals surface area contributed by atoms with E-state index in [1.54, 1.807) is 30.3 Å². The Kier molecular flexibility index (Phi) is 5.91. The molecule has 2 N–H and O–H groups in total. The van der Waals surface area contributed by atoms with Crippen molar-refractivity contribution in [3.63, 3.8) is 0 Å². The summed E-state index contributed by atoms with van der Waals surface area (Å²) in [5, 5.41) is 30.5. The van der Waals surface area contributed by atoms with E-state index in [2.05, 4.69) is 0 Å². The average Bonchev–Trinajstić information content (AvgIpc) is 2.98. The minimum Gasteiger partial charge on any atom is -0.507 e. The van der Waals surface area contributed by atoms with Gasteiger partial charge in [-0.25, -0.2) is 0 Å². The Balaban J connectivity index is 2.06. The number of likely N-dealkylation sites (tertiary alicyclic amines) is 1. The molecule has 1 aliphatic heterocycles. The third-order valence-corrected chi connectivity index (χ3v) is 4.80. The predicted octanol–water partition coefficient (Wildman–Crippen LogP) is 2.88.